The molecule has 0 bridgehead atoms. The van der Waals surface area contributed by atoms with Crippen LogP contribution in [0.2, 0.25) is 0 Å². The van der Waals surface area contributed by atoms with E-state index >= 15 is 0 Å². The summed E-state index contributed by atoms with van der Waals surface area (Å²) in [5.74, 6) is -0.0449. The Balaban J connectivity index is 2.51. The fraction of sp³-hybridized carbons (Fsp3) is 0.417. The van der Waals surface area contributed by atoms with E-state index in [9.17, 15) is 4.79 Å². The normalized spacial score (nSPS) is 12.1. The minimum Gasteiger partial charge on any atom is -0.494 e. The van der Waals surface area contributed by atoms with Crippen molar-refractivity contribution >= 4 is 5.97 Å². The predicted octanol–water partition coefficient (Wildman–Crippen LogP) is 1.43. The van der Waals surface area contributed by atoms with Crippen LogP contribution in [0.25, 0.3) is 0 Å². The lowest BCUT2D eigenvalue weighted by molar-refractivity contribution is -0.137. The Bertz CT molecular complexity index is 335. The number of carboxylic acid groups (broad SMARTS) is 1. The second kappa shape index (κ2) is 6.12. The fourth-order valence-corrected chi connectivity index (χ4v) is 1.49. The Hall–Kier alpha value is -1.55. The van der Waals surface area contributed by atoms with Gasteiger partial charge in [0.05, 0.1) is 13.0 Å². The van der Waals surface area contributed by atoms with Crippen molar-refractivity contribution < 1.29 is 14.6 Å². The second-order valence-electron chi connectivity index (χ2n) is 3.64. The van der Waals surface area contributed by atoms with E-state index < -0.39 is 5.97 Å². The molecule has 0 radical (unpaired) electrons. The Kier molecular flexibility index (Phi) is 4.79. The summed E-state index contributed by atoms with van der Waals surface area (Å²) in [7, 11) is 0. The first-order valence-electron chi connectivity index (χ1n) is 5.31. The molecule has 0 amide bonds. The maximum Gasteiger partial charge on any atom is 0.304 e. The van der Waals surface area contributed by atoms with Crippen molar-refractivity contribution in [2.24, 2.45) is 5.73 Å². The topological polar surface area (TPSA) is 72.5 Å². The zero-order valence-corrected chi connectivity index (χ0v) is 9.35. The van der Waals surface area contributed by atoms with Crippen molar-refractivity contribution in [3.05, 3.63) is 29.8 Å². The highest BCUT2D eigenvalue weighted by atomic mass is 16.5. The average Bonchev–Trinajstić information content (AvgIpc) is 2.20. The molecule has 0 unspecified atom stereocenters. The van der Waals surface area contributed by atoms with Gasteiger partial charge in [-0.05, 0) is 31.0 Å². The van der Waals surface area contributed by atoms with Gasteiger partial charge in [0.15, 0.2) is 0 Å². The van der Waals surface area contributed by atoms with E-state index in [1.54, 1.807) is 0 Å². The lowest BCUT2D eigenvalue weighted by Gasteiger charge is -2.09. The Morgan fingerprint density at radius 2 is 2.06 bits per heavy atom. The Morgan fingerprint density at radius 3 is 2.56 bits per heavy atom. The quantitative estimate of drug-likeness (QED) is 0.765. The molecule has 0 spiro atoms. The number of carbonyl (C=O) groups is 1. The highest BCUT2D eigenvalue weighted by Gasteiger charge is 2.08. The molecule has 0 aromatic heterocycles. The van der Waals surface area contributed by atoms with Crippen LogP contribution in [0, 0.1) is 0 Å². The molecular formula is C12H17NO3. The standard InChI is InChI=1S/C12H17NO3/c1-2-16-11-5-3-9(4-6-11)7-10(13)8-12(14)15/h3-6,10H,2,7-8,13H2,1H3,(H,14,15)/t10-/m0/s1. The van der Waals surface area contributed by atoms with Gasteiger partial charge in [-0.1, -0.05) is 12.1 Å². The molecular weight excluding hydrogens is 206 g/mol. The summed E-state index contributed by atoms with van der Waals surface area (Å²) in [5, 5.41) is 8.58. The van der Waals surface area contributed by atoms with Crippen LogP contribution in [0.15, 0.2) is 24.3 Å². The molecule has 0 heterocycles. The highest BCUT2D eigenvalue weighted by Crippen LogP contribution is 2.13. The van der Waals surface area contributed by atoms with Gasteiger partial charge in [0.25, 0.3) is 0 Å². The van der Waals surface area contributed by atoms with E-state index in [0.717, 1.165) is 11.3 Å². The predicted molar refractivity (Wildman–Crippen MR) is 61.5 cm³/mol. The molecule has 1 atom stereocenters. The van der Waals surface area contributed by atoms with Gasteiger partial charge in [0.2, 0.25) is 0 Å². The highest BCUT2D eigenvalue weighted by molar-refractivity contribution is 5.67. The van der Waals surface area contributed by atoms with Crippen molar-refractivity contribution in [1.82, 2.24) is 0 Å². The second-order valence-corrected chi connectivity index (χ2v) is 3.64. The summed E-state index contributed by atoms with van der Waals surface area (Å²) in [6.45, 7) is 2.56. The molecule has 0 fully saturated rings. The molecule has 3 N–H and O–H groups in total. The van der Waals surface area contributed by atoms with Crippen LogP contribution in [0.4, 0.5) is 0 Å². The fourth-order valence-electron chi connectivity index (χ4n) is 1.49. The van der Waals surface area contributed by atoms with Gasteiger partial charge < -0.3 is 15.6 Å². The number of aliphatic carboxylic acids is 1. The van der Waals surface area contributed by atoms with Crippen molar-refractivity contribution in [3.63, 3.8) is 0 Å². The average molecular weight is 223 g/mol. The molecule has 0 saturated carbocycles. The number of hydrogen-bond acceptors (Lipinski definition) is 3. The van der Waals surface area contributed by atoms with Crippen LogP contribution in [-0.4, -0.2) is 23.7 Å². The molecule has 0 aliphatic heterocycles. The van der Waals surface area contributed by atoms with Crippen LogP contribution in [0.1, 0.15) is 18.9 Å². The van der Waals surface area contributed by atoms with Crippen molar-refractivity contribution in [3.8, 4) is 5.75 Å². The van der Waals surface area contributed by atoms with E-state index in [1.807, 2.05) is 31.2 Å². The van der Waals surface area contributed by atoms with Crippen molar-refractivity contribution in [1.29, 1.82) is 0 Å². The lowest BCUT2D eigenvalue weighted by atomic mass is 10.0. The molecule has 0 aliphatic rings. The van der Waals surface area contributed by atoms with Crippen LogP contribution < -0.4 is 10.5 Å². The van der Waals surface area contributed by atoms with Gasteiger partial charge in [-0.15, -0.1) is 0 Å². The molecule has 0 aliphatic carbocycles. The zero-order chi connectivity index (χ0) is 12.0. The number of benzene rings is 1. The molecule has 0 saturated heterocycles. The zero-order valence-electron chi connectivity index (χ0n) is 9.35. The Morgan fingerprint density at radius 1 is 1.44 bits per heavy atom. The van der Waals surface area contributed by atoms with Crippen LogP contribution in [-0.2, 0) is 11.2 Å². The molecule has 4 nitrogen and oxygen atoms in total. The van der Waals surface area contributed by atoms with E-state index in [2.05, 4.69) is 0 Å². The van der Waals surface area contributed by atoms with Gasteiger partial charge in [0.1, 0.15) is 5.75 Å². The summed E-state index contributed by atoms with van der Waals surface area (Å²) in [6.07, 6.45) is 0.561. The summed E-state index contributed by atoms with van der Waals surface area (Å²) >= 11 is 0. The molecule has 4 heteroatoms. The molecule has 1 aromatic carbocycles. The van der Waals surface area contributed by atoms with Gasteiger partial charge in [0, 0.05) is 6.04 Å². The van der Waals surface area contributed by atoms with Gasteiger partial charge >= 0.3 is 5.97 Å². The van der Waals surface area contributed by atoms with E-state index in [4.69, 9.17) is 15.6 Å². The number of hydrogen-bond donors (Lipinski definition) is 2. The van der Waals surface area contributed by atoms with Crippen LogP contribution in [0.3, 0.4) is 0 Å². The maximum atomic E-state index is 10.4. The SMILES string of the molecule is CCOc1ccc(C[C@H](N)CC(=O)O)cc1. The van der Waals surface area contributed by atoms with Gasteiger partial charge in [-0.3, -0.25) is 4.79 Å². The van der Waals surface area contributed by atoms with Crippen molar-refractivity contribution in [2.75, 3.05) is 6.61 Å². The first-order chi connectivity index (χ1) is 7.61. The van der Waals surface area contributed by atoms with Crippen molar-refractivity contribution in [2.45, 2.75) is 25.8 Å². The minimum atomic E-state index is -0.863. The third kappa shape index (κ3) is 4.31. The first-order valence-corrected chi connectivity index (χ1v) is 5.31. The number of nitrogens with two attached hydrogens (primary N) is 1. The monoisotopic (exact) mass is 223 g/mol. The first kappa shape index (κ1) is 12.5. The van der Waals surface area contributed by atoms with E-state index in [0.29, 0.717) is 13.0 Å². The third-order valence-electron chi connectivity index (χ3n) is 2.17. The largest absolute Gasteiger partial charge is 0.494 e. The summed E-state index contributed by atoms with van der Waals surface area (Å²) in [5.41, 5.74) is 6.72. The van der Waals surface area contributed by atoms with Crippen LogP contribution in [0.5, 0.6) is 5.75 Å². The summed E-state index contributed by atoms with van der Waals surface area (Å²) in [6, 6.07) is 7.22. The number of rotatable bonds is 6. The van der Waals surface area contributed by atoms with Gasteiger partial charge in [-0.2, -0.15) is 0 Å². The van der Waals surface area contributed by atoms with E-state index in [1.165, 1.54) is 0 Å². The third-order valence-corrected chi connectivity index (χ3v) is 2.17. The summed E-state index contributed by atoms with van der Waals surface area (Å²) < 4.78 is 5.31. The Labute approximate surface area is 95.0 Å². The minimum absolute atomic E-state index is 0.00673. The molecule has 1 rings (SSSR count). The smallest absolute Gasteiger partial charge is 0.304 e. The number of ether oxygens (including phenoxy) is 1. The lowest BCUT2D eigenvalue weighted by Crippen LogP contribution is -2.26. The number of carboxylic acids is 1. The molecule has 1 aromatic rings. The maximum absolute atomic E-state index is 10.4. The molecule has 16 heavy (non-hydrogen) atoms. The summed E-state index contributed by atoms with van der Waals surface area (Å²) in [4.78, 5) is 10.4. The van der Waals surface area contributed by atoms with E-state index in [-0.39, 0.29) is 12.5 Å². The molecule has 88 valence electrons. The van der Waals surface area contributed by atoms with Gasteiger partial charge in [-0.25, -0.2) is 0 Å². The van der Waals surface area contributed by atoms with Crippen LogP contribution >= 0.6 is 0 Å².